The van der Waals surface area contributed by atoms with E-state index in [1.54, 1.807) is 0 Å². The Morgan fingerprint density at radius 2 is 0.788 bits per heavy atom. The first-order chi connectivity index (χ1) is 25.7. The lowest BCUT2D eigenvalue weighted by Gasteiger charge is -2.17. The van der Waals surface area contributed by atoms with Gasteiger partial charge in [-0.2, -0.15) is 0 Å². The lowest BCUT2D eigenvalue weighted by Crippen LogP contribution is -1.96. The van der Waals surface area contributed by atoms with Gasteiger partial charge in [-0.25, -0.2) is 0 Å². The molecule has 0 bridgehead atoms. The highest BCUT2D eigenvalue weighted by atomic mass is 14.2. The summed E-state index contributed by atoms with van der Waals surface area (Å²) < 4.78 is 0. The second-order valence-electron chi connectivity index (χ2n) is 14.4. The normalized spacial score (nSPS) is 12.8. The Bertz CT molecular complexity index is 3120. The molecule has 0 heteroatoms. The van der Waals surface area contributed by atoms with Crippen LogP contribution in [0.4, 0.5) is 0 Å². The van der Waals surface area contributed by atoms with E-state index in [1.807, 2.05) is 0 Å². The lowest BCUT2D eigenvalue weighted by molar-refractivity contribution is 0.990. The predicted octanol–water partition coefficient (Wildman–Crippen LogP) is 14.6. The molecule has 10 aromatic rings. The van der Waals surface area contributed by atoms with Crippen molar-refractivity contribution >= 4 is 70.7 Å². The summed E-state index contributed by atoms with van der Waals surface area (Å²) in [5.74, 6) is 0. The molecule has 0 fully saturated rings. The fourth-order valence-electron chi connectivity index (χ4n) is 8.82. The fraction of sp³-hybridized carbons (Fsp3) is 0.0385. The Kier molecular flexibility index (Phi) is 6.48. The molecule has 0 heterocycles. The minimum Gasteiger partial charge on any atom is -0.0836 e. The van der Waals surface area contributed by atoms with Gasteiger partial charge in [0.25, 0.3) is 0 Å². The van der Waals surface area contributed by atoms with Gasteiger partial charge in [-0.15, -0.1) is 0 Å². The maximum absolute atomic E-state index is 2.44. The van der Waals surface area contributed by atoms with Crippen molar-refractivity contribution in [3.8, 4) is 33.4 Å². The molecule has 0 radical (unpaired) electrons. The smallest absolute Gasteiger partial charge is 0.00961 e. The summed E-state index contributed by atoms with van der Waals surface area (Å²) in [7, 11) is 0. The zero-order valence-corrected chi connectivity index (χ0v) is 28.7. The third-order valence-electron chi connectivity index (χ3n) is 11.4. The fourth-order valence-corrected chi connectivity index (χ4v) is 8.82. The molecule has 0 spiro atoms. The molecule has 0 nitrogen and oxygen atoms in total. The number of benzene rings is 10. The zero-order chi connectivity index (χ0) is 34.2. The first-order valence-electron chi connectivity index (χ1n) is 18.4. The molecule has 0 saturated heterocycles. The van der Waals surface area contributed by atoms with Crippen molar-refractivity contribution in [3.05, 3.63) is 187 Å². The van der Waals surface area contributed by atoms with Crippen molar-refractivity contribution in [1.82, 2.24) is 0 Å². The molecular formula is C52H34. The van der Waals surface area contributed by atoms with Gasteiger partial charge in [0.05, 0.1) is 0 Å². The molecule has 0 aliphatic heterocycles. The number of aryl methyl sites for hydroxylation is 1. The van der Waals surface area contributed by atoms with E-state index >= 15 is 0 Å². The number of hydrogen-bond donors (Lipinski definition) is 0. The van der Waals surface area contributed by atoms with E-state index in [9.17, 15) is 0 Å². The van der Waals surface area contributed by atoms with E-state index in [1.165, 1.54) is 109 Å². The van der Waals surface area contributed by atoms with Gasteiger partial charge in [0.2, 0.25) is 0 Å². The highest BCUT2D eigenvalue weighted by Gasteiger charge is 2.15. The molecule has 0 N–H and O–H groups in total. The molecule has 52 heavy (non-hydrogen) atoms. The Morgan fingerprint density at radius 1 is 0.308 bits per heavy atom. The first kappa shape index (κ1) is 29.3. The number of allylic oxidation sites excluding steroid dienone is 1. The summed E-state index contributed by atoms with van der Waals surface area (Å²) in [6, 6.07) is 63.5. The summed E-state index contributed by atoms with van der Waals surface area (Å²) >= 11 is 0. The summed E-state index contributed by atoms with van der Waals surface area (Å²) in [6.45, 7) is 0. The van der Waals surface area contributed by atoms with Crippen LogP contribution < -0.4 is 0 Å². The molecule has 11 rings (SSSR count). The first-order valence-corrected chi connectivity index (χ1v) is 18.4. The average molecular weight is 659 g/mol. The van der Waals surface area contributed by atoms with Crippen LogP contribution >= 0.6 is 0 Å². The van der Waals surface area contributed by atoms with Crippen LogP contribution in [0.25, 0.3) is 104 Å². The molecule has 0 atom stereocenters. The van der Waals surface area contributed by atoms with E-state index in [-0.39, 0.29) is 0 Å². The number of fused-ring (bicyclic) bond motifs is 10. The van der Waals surface area contributed by atoms with E-state index in [4.69, 9.17) is 0 Å². The van der Waals surface area contributed by atoms with Crippen LogP contribution in [0.2, 0.25) is 0 Å². The highest BCUT2D eigenvalue weighted by Crippen LogP contribution is 2.41. The third kappa shape index (κ3) is 4.61. The van der Waals surface area contributed by atoms with Crippen molar-refractivity contribution < 1.29 is 0 Å². The van der Waals surface area contributed by atoms with Crippen LogP contribution in [0, 0.1) is 0 Å². The van der Waals surface area contributed by atoms with E-state index in [0.717, 1.165) is 12.8 Å². The zero-order valence-electron chi connectivity index (χ0n) is 28.7. The van der Waals surface area contributed by atoms with Gasteiger partial charge in [0, 0.05) is 0 Å². The van der Waals surface area contributed by atoms with E-state index in [2.05, 4.69) is 182 Å². The maximum atomic E-state index is 2.44. The summed E-state index contributed by atoms with van der Waals surface area (Å²) in [5, 5.41) is 15.5. The summed E-state index contributed by atoms with van der Waals surface area (Å²) in [6.07, 6.45) is 6.89. The van der Waals surface area contributed by atoms with Crippen LogP contribution in [0.5, 0.6) is 0 Å². The summed E-state index contributed by atoms with van der Waals surface area (Å²) in [4.78, 5) is 0. The molecule has 0 amide bonds. The van der Waals surface area contributed by atoms with Crippen LogP contribution in [0.15, 0.2) is 176 Å². The van der Waals surface area contributed by atoms with E-state index < -0.39 is 0 Å². The van der Waals surface area contributed by atoms with Crippen LogP contribution in [0.3, 0.4) is 0 Å². The molecular weight excluding hydrogens is 625 g/mol. The standard InChI is InChI=1S/C52H34/c1-3-11-43-33(9-1)25-26-49-46-14-6-8-16-48(46)51(32-52(43)49)42-24-22-37-28-35(18-20-39(37)30-42)34-17-19-38-29-41(23-21-36(38)27-34)50-31-40-10-2-4-12-44(40)45-13-5-7-15-47(45)50/h2-8,10-32H,1,9H2. The van der Waals surface area contributed by atoms with Crippen LogP contribution in [0.1, 0.15) is 17.5 Å². The molecule has 0 saturated carbocycles. The molecule has 0 unspecified atom stereocenters. The predicted molar refractivity (Wildman–Crippen MR) is 225 cm³/mol. The van der Waals surface area contributed by atoms with Crippen molar-refractivity contribution in [2.24, 2.45) is 0 Å². The van der Waals surface area contributed by atoms with Crippen LogP contribution in [-0.4, -0.2) is 0 Å². The van der Waals surface area contributed by atoms with Gasteiger partial charge < -0.3 is 0 Å². The molecule has 10 aromatic carbocycles. The van der Waals surface area contributed by atoms with Gasteiger partial charge in [-0.3, -0.25) is 0 Å². The monoisotopic (exact) mass is 658 g/mol. The molecule has 1 aliphatic rings. The quantitative estimate of drug-likeness (QED) is 0.166. The topological polar surface area (TPSA) is 0 Å². The van der Waals surface area contributed by atoms with Crippen molar-refractivity contribution in [3.63, 3.8) is 0 Å². The van der Waals surface area contributed by atoms with Gasteiger partial charge in [0.1, 0.15) is 0 Å². The lowest BCUT2D eigenvalue weighted by atomic mass is 9.87. The Hall–Kier alpha value is -6.50. The minimum atomic E-state index is 1.11. The second-order valence-corrected chi connectivity index (χ2v) is 14.4. The SMILES string of the molecule is C1=Cc2c(ccc3c2cc(-c2ccc4cc(-c5ccc6cc(-c7cc8ccccc8c8ccccc78)ccc6c5)ccc4c2)c2ccccc23)CC1. The van der Waals surface area contributed by atoms with Crippen molar-refractivity contribution in [2.75, 3.05) is 0 Å². The van der Waals surface area contributed by atoms with Gasteiger partial charge in [-0.1, -0.05) is 146 Å². The highest BCUT2D eigenvalue weighted by molar-refractivity contribution is 6.17. The van der Waals surface area contributed by atoms with Crippen molar-refractivity contribution in [1.29, 1.82) is 0 Å². The largest absolute Gasteiger partial charge is 0.0836 e. The Labute approximate surface area is 302 Å². The molecule has 0 aromatic heterocycles. The maximum Gasteiger partial charge on any atom is -0.00961 e. The Balaban J connectivity index is 0.971. The Morgan fingerprint density at radius 3 is 1.42 bits per heavy atom. The van der Waals surface area contributed by atoms with Gasteiger partial charge in [0.15, 0.2) is 0 Å². The van der Waals surface area contributed by atoms with E-state index in [0.29, 0.717) is 0 Å². The summed E-state index contributed by atoms with van der Waals surface area (Å²) in [5.41, 5.74) is 10.4. The van der Waals surface area contributed by atoms with Crippen LogP contribution in [-0.2, 0) is 6.42 Å². The number of rotatable bonds is 3. The van der Waals surface area contributed by atoms with Gasteiger partial charge >= 0.3 is 0 Å². The minimum absolute atomic E-state index is 1.11. The molecule has 1 aliphatic carbocycles. The van der Waals surface area contributed by atoms with Gasteiger partial charge in [-0.05, 0) is 158 Å². The molecule has 242 valence electrons. The van der Waals surface area contributed by atoms with Crippen molar-refractivity contribution in [2.45, 2.75) is 12.8 Å². The number of hydrogen-bond acceptors (Lipinski definition) is 0. The second kappa shape index (κ2) is 11.5. The average Bonchev–Trinajstić information content (AvgIpc) is 3.22. The third-order valence-corrected chi connectivity index (χ3v) is 11.4.